The summed E-state index contributed by atoms with van der Waals surface area (Å²) in [4.78, 5) is 8.91. The Bertz CT molecular complexity index is 725. The second-order valence-corrected chi connectivity index (χ2v) is 6.35. The fourth-order valence-corrected chi connectivity index (χ4v) is 3.11. The van der Waals surface area contributed by atoms with Gasteiger partial charge in [0.05, 0.1) is 5.69 Å². The van der Waals surface area contributed by atoms with E-state index >= 15 is 0 Å². The van der Waals surface area contributed by atoms with Crippen LogP contribution in [0, 0.1) is 6.92 Å². The summed E-state index contributed by atoms with van der Waals surface area (Å²) in [6, 6.07) is 16.1. The Kier molecular flexibility index (Phi) is 7.56. The fraction of sp³-hybridized carbons (Fsp3) is 0.350. The number of hydrogen-bond acceptors (Lipinski definition) is 3. The van der Waals surface area contributed by atoms with Crippen LogP contribution in [0.1, 0.15) is 11.1 Å². The third kappa shape index (κ3) is 5.03. The molecule has 0 bridgehead atoms. The zero-order chi connectivity index (χ0) is 17.6. The number of aliphatic imine (C=N–C) groups is 1. The van der Waals surface area contributed by atoms with E-state index in [1.54, 1.807) is 6.07 Å². The molecule has 0 radical (unpaired) electrons. The Labute approximate surface area is 172 Å². The molecule has 3 rings (SSSR count). The number of guanidine groups is 1. The Morgan fingerprint density at radius 2 is 1.69 bits per heavy atom. The Morgan fingerprint density at radius 3 is 2.31 bits per heavy atom. The van der Waals surface area contributed by atoms with Crippen molar-refractivity contribution in [2.24, 2.45) is 4.99 Å². The lowest BCUT2D eigenvalue weighted by Crippen LogP contribution is -2.52. The molecule has 1 aliphatic heterocycles. The molecule has 1 heterocycles. The molecule has 26 heavy (non-hydrogen) atoms. The van der Waals surface area contributed by atoms with Gasteiger partial charge in [0.1, 0.15) is 5.75 Å². The standard InChI is InChI=1S/C20H26N4O.HI/c1-16-7-9-17(10-8-16)15-22-20(21-2)24-13-11-23(12-14-24)18-5-3-4-6-19(18)25;/h3-10,25H,11-15H2,1-2H3,(H,21,22);1H. The first-order chi connectivity index (χ1) is 12.2. The lowest BCUT2D eigenvalue weighted by molar-refractivity contribution is 0.369. The van der Waals surface area contributed by atoms with Gasteiger partial charge in [-0.15, -0.1) is 24.0 Å². The summed E-state index contributed by atoms with van der Waals surface area (Å²) in [7, 11) is 1.83. The van der Waals surface area contributed by atoms with E-state index in [2.05, 4.69) is 51.3 Å². The van der Waals surface area contributed by atoms with Crippen LogP contribution in [-0.2, 0) is 6.54 Å². The summed E-state index contributed by atoms with van der Waals surface area (Å²) in [6.07, 6.45) is 0. The van der Waals surface area contributed by atoms with Crippen molar-refractivity contribution in [1.29, 1.82) is 0 Å². The summed E-state index contributed by atoms with van der Waals surface area (Å²) in [6.45, 7) is 6.35. The smallest absolute Gasteiger partial charge is 0.194 e. The van der Waals surface area contributed by atoms with Gasteiger partial charge in [-0.1, -0.05) is 42.0 Å². The molecule has 0 aromatic heterocycles. The first kappa shape index (κ1) is 20.4. The average Bonchev–Trinajstić information content (AvgIpc) is 2.65. The number of aromatic hydroxyl groups is 1. The molecule has 0 unspecified atom stereocenters. The van der Waals surface area contributed by atoms with Crippen LogP contribution in [-0.4, -0.2) is 49.2 Å². The van der Waals surface area contributed by atoms with E-state index in [4.69, 9.17) is 0 Å². The third-order valence-corrected chi connectivity index (χ3v) is 4.58. The molecule has 140 valence electrons. The van der Waals surface area contributed by atoms with Crippen LogP contribution in [0.5, 0.6) is 5.75 Å². The van der Waals surface area contributed by atoms with Crippen LogP contribution in [0.4, 0.5) is 5.69 Å². The first-order valence-corrected chi connectivity index (χ1v) is 8.71. The molecule has 0 amide bonds. The van der Waals surface area contributed by atoms with Gasteiger partial charge in [-0.05, 0) is 24.6 Å². The minimum Gasteiger partial charge on any atom is -0.506 e. The molecule has 0 saturated carbocycles. The zero-order valence-electron chi connectivity index (χ0n) is 15.4. The van der Waals surface area contributed by atoms with Crippen molar-refractivity contribution in [1.82, 2.24) is 10.2 Å². The summed E-state index contributed by atoms with van der Waals surface area (Å²) >= 11 is 0. The van der Waals surface area contributed by atoms with Crippen molar-refractivity contribution in [2.45, 2.75) is 13.5 Å². The molecule has 2 N–H and O–H groups in total. The highest BCUT2D eigenvalue weighted by molar-refractivity contribution is 14.0. The number of phenolic OH excluding ortho intramolecular Hbond substituents is 1. The number of para-hydroxylation sites is 2. The van der Waals surface area contributed by atoms with E-state index in [0.29, 0.717) is 5.75 Å². The number of benzene rings is 2. The van der Waals surface area contributed by atoms with Gasteiger partial charge in [-0.25, -0.2) is 0 Å². The molecule has 0 aliphatic carbocycles. The summed E-state index contributed by atoms with van der Waals surface area (Å²) in [5.41, 5.74) is 3.43. The number of piperazine rings is 1. The predicted molar refractivity (Wildman–Crippen MR) is 119 cm³/mol. The second kappa shape index (κ2) is 9.66. The number of aryl methyl sites for hydroxylation is 1. The van der Waals surface area contributed by atoms with Gasteiger partial charge in [-0.3, -0.25) is 4.99 Å². The topological polar surface area (TPSA) is 51.1 Å². The predicted octanol–water partition coefficient (Wildman–Crippen LogP) is 3.22. The maximum atomic E-state index is 10.0. The van der Waals surface area contributed by atoms with Crippen molar-refractivity contribution < 1.29 is 5.11 Å². The number of nitrogens with one attached hydrogen (secondary N) is 1. The summed E-state index contributed by atoms with van der Waals surface area (Å²) in [5, 5.41) is 13.5. The van der Waals surface area contributed by atoms with E-state index in [9.17, 15) is 5.11 Å². The van der Waals surface area contributed by atoms with Crippen LogP contribution < -0.4 is 10.2 Å². The lowest BCUT2D eigenvalue weighted by atomic mass is 10.1. The van der Waals surface area contributed by atoms with E-state index in [0.717, 1.165) is 44.4 Å². The summed E-state index contributed by atoms with van der Waals surface area (Å²) in [5.74, 6) is 1.27. The molecular formula is C20H27IN4O. The Hall–Kier alpha value is -1.96. The second-order valence-electron chi connectivity index (χ2n) is 6.35. The van der Waals surface area contributed by atoms with Crippen molar-refractivity contribution in [3.63, 3.8) is 0 Å². The highest BCUT2D eigenvalue weighted by Crippen LogP contribution is 2.27. The van der Waals surface area contributed by atoms with Crippen LogP contribution in [0.25, 0.3) is 0 Å². The van der Waals surface area contributed by atoms with Crippen molar-refractivity contribution in [2.75, 3.05) is 38.1 Å². The van der Waals surface area contributed by atoms with Gasteiger partial charge in [-0.2, -0.15) is 0 Å². The minimum atomic E-state index is 0. The quantitative estimate of drug-likeness (QED) is 0.415. The maximum Gasteiger partial charge on any atom is 0.194 e. The Morgan fingerprint density at radius 1 is 1.04 bits per heavy atom. The zero-order valence-corrected chi connectivity index (χ0v) is 17.7. The van der Waals surface area contributed by atoms with Gasteiger partial charge in [0.2, 0.25) is 0 Å². The molecule has 1 fully saturated rings. The van der Waals surface area contributed by atoms with Gasteiger partial charge in [0.25, 0.3) is 0 Å². The number of halogens is 1. The first-order valence-electron chi connectivity index (χ1n) is 8.71. The average molecular weight is 466 g/mol. The van der Waals surface area contributed by atoms with Crippen LogP contribution in [0.15, 0.2) is 53.5 Å². The Balaban J connectivity index is 0.00000243. The molecule has 2 aromatic rings. The third-order valence-electron chi connectivity index (χ3n) is 4.58. The molecule has 1 saturated heterocycles. The summed E-state index contributed by atoms with van der Waals surface area (Å²) < 4.78 is 0. The molecule has 5 nitrogen and oxygen atoms in total. The number of phenols is 1. The van der Waals surface area contributed by atoms with E-state index in [1.165, 1.54) is 11.1 Å². The number of rotatable bonds is 3. The maximum absolute atomic E-state index is 10.0. The van der Waals surface area contributed by atoms with Gasteiger partial charge in [0, 0.05) is 39.8 Å². The normalized spacial score (nSPS) is 14.8. The number of nitrogens with zero attached hydrogens (tertiary/aromatic N) is 3. The van der Waals surface area contributed by atoms with Crippen LogP contribution in [0.3, 0.4) is 0 Å². The number of hydrogen-bond donors (Lipinski definition) is 2. The molecular weight excluding hydrogens is 439 g/mol. The van der Waals surface area contributed by atoms with Crippen LogP contribution >= 0.6 is 24.0 Å². The highest BCUT2D eigenvalue weighted by atomic mass is 127. The minimum absolute atomic E-state index is 0. The van der Waals surface area contributed by atoms with Crippen LogP contribution in [0.2, 0.25) is 0 Å². The van der Waals surface area contributed by atoms with Gasteiger partial charge >= 0.3 is 0 Å². The van der Waals surface area contributed by atoms with E-state index < -0.39 is 0 Å². The molecule has 1 aliphatic rings. The van der Waals surface area contributed by atoms with Crippen molar-refractivity contribution in [3.8, 4) is 5.75 Å². The SMILES string of the molecule is CN=C(NCc1ccc(C)cc1)N1CCN(c2ccccc2O)CC1.I. The molecule has 2 aromatic carbocycles. The molecule has 6 heteroatoms. The fourth-order valence-electron chi connectivity index (χ4n) is 3.11. The molecule has 0 spiro atoms. The monoisotopic (exact) mass is 466 g/mol. The van der Waals surface area contributed by atoms with Crippen molar-refractivity contribution in [3.05, 3.63) is 59.7 Å². The number of anilines is 1. The molecule has 0 atom stereocenters. The van der Waals surface area contributed by atoms with Gasteiger partial charge in [0.15, 0.2) is 5.96 Å². The van der Waals surface area contributed by atoms with E-state index in [1.807, 2.05) is 25.2 Å². The lowest BCUT2D eigenvalue weighted by Gasteiger charge is -2.37. The van der Waals surface area contributed by atoms with Crippen molar-refractivity contribution >= 4 is 35.6 Å². The van der Waals surface area contributed by atoms with E-state index in [-0.39, 0.29) is 24.0 Å². The van der Waals surface area contributed by atoms with Gasteiger partial charge < -0.3 is 20.2 Å². The highest BCUT2D eigenvalue weighted by Gasteiger charge is 2.21. The largest absolute Gasteiger partial charge is 0.506 e.